The number of rotatable bonds is 28. The molecule has 4 fully saturated rings. The van der Waals surface area contributed by atoms with E-state index in [9.17, 15) is 19.8 Å². The van der Waals surface area contributed by atoms with E-state index in [0.717, 1.165) is 215 Å². The summed E-state index contributed by atoms with van der Waals surface area (Å²) in [7, 11) is 0. The monoisotopic (exact) mass is 1650 g/mol. The van der Waals surface area contributed by atoms with Crippen molar-refractivity contribution < 1.29 is 19.8 Å². The van der Waals surface area contributed by atoms with Crippen LogP contribution >= 0.6 is 0 Å². The third-order valence-corrected chi connectivity index (χ3v) is 25.4. The van der Waals surface area contributed by atoms with Crippen molar-refractivity contribution in [3.05, 3.63) is 173 Å². The molecule has 0 bridgehead atoms. The molecule has 0 unspecified atom stereocenters. The molecule has 34 nitrogen and oxygen atoms in total. The van der Waals surface area contributed by atoms with Gasteiger partial charge in [0.2, 0.25) is 11.8 Å². The molecule has 6 N–H and O–H groups in total. The highest BCUT2D eigenvalue weighted by atomic mass is 16.3. The van der Waals surface area contributed by atoms with Crippen LogP contribution in [0.4, 0.5) is 0 Å². The van der Waals surface area contributed by atoms with E-state index < -0.39 is 0 Å². The maximum atomic E-state index is 11.3. The number of amides is 2. The molecular formula is C88H106N30O4. The first-order valence-electron chi connectivity index (χ1n) is 43.1. The zero-order chi connectivity index (χ0) is 84.4. The molecule has 16 aromatic heterocycles. The number of hydrogen-bond acceptors (Lipinski definition) is 20. The summed E-state index contributed by atoms with van der Waals surface area (Å²) >= 11 is 0. The van der Waals surface area contributed by atoms with Gasteiger partial charge in [0.15, 0.2) is 0 Å². The summed E-state index contributed by atoms with van der Waals surface area (Å²) in [4.78, 5) is 42.5. The Labute approximate surface area is 704 Å². The van der Waals surface area contributed by atoms with Crippen LogP contribution in [0.2, 0.25) is 0 Å². The molecular weight excluding hydrogens is 1540 g/mol. The highest BCUT2D eigenvalue weighted by Crippen LogP contribution is 2.43. The molecule has 0 aliphatic heterocycles. The fourth-order valence-electron chi connectivity index (χ4n) is 17.3. The maximum absolute atomic E-state index is 11.3. The van der Waals surface area contributed by atoms with Crippen molar-refractivity contribution >= 4 is 33.9 Å². The first kappa shape index (κ1) is 81.4. The van der Waals surface area contributed by atoms with Gasteiger partial charge in [-0.2, -0.15) is 61.2 Å². The number of aliphatic hydroxyl groups is 2. The number of aliphatic hydroxyl groups excluding tert-OH is 2. The van der Waals surface area contributed by atoms with Crippen molar-refractivity contribution in [1.82, 2.24) is 137 Å². The minimum atomic E-state index is -0.229. The molecule has 2 amide bonds. The standard InChI is InChI=1S/2C22H26N8O.2C22H27N7O/c2*1-3-17(4-2)28-12-16(10-26-28)21-20-5-6-24-30(20)13-19(27-21)15-9-25-29(11-15)18-7-14(8-18)22(23)31;2*1-3-18(4-2)27-12-17(10-25-27)22-21-5-6-23-29(21)13-20(26-22)16-9-24-28(11-16)19-7-15(8-19)14-30/h2*5-6,9-14,17-18H,3-4,7-8H2,1-2H3,(H2,23,31);2*5-6,9-13,15,18-19,30H,3-4,7-8,14H2,1-2H3. The molecule has 4 aliphatic carbocycles. The molecule has 0 radical (unpaired) electrons. The Morgan fingerprint density at radius 2 is 0.533 bits per heavy atom. The maximum Gasteiger partial charge on any atom is 0.220 e. The third kappa shape index (κ3) is 16.4. The Morgan fingerprint density at radius 1 is 0.311 bits per heavy atom. The van der Waals surface area contributed by atoms with Gasteiger partial charge in [-0.3, -0.25) is 47.0 Å². The molecule has 16 aromatic rings. The minimum absolute atomic E-state index is 0.0468. The first-order valence-corrected chi connectivity index (χ1v) is 43.1. The third-order valence-electron chi connectivity index (χ3n) is 25.4. The lowest BCUT2D eigenvalue weighted by Crippen LogP contribution is -2.36. The molecule has 0 spiro atoms. The van der Waals surface area contributed by atoms with Crippen LogP contribution in [0.15, 0.2) is 173 Å². The Balaban J connectivity index is 0.000000116. The molecule has 16 heterocycles. The van der Waals surface area contributed by atoms with Crippen molar-refractivity contribution in [1.29, 1.82) is 0 Å². The second-order valence-electron chi connectivity index (χ2n) is 32.9. The number of nitrogens with zero attached hydrogens (tertiary/aromatic N) is 28. The lowest BCUT2D eigenvalue weighted by molar-refractivity contribution is -0.126. The van der Waals surface area contributed by atoms with Crippen molar-refractivity contribution in [2.45, 2.75) is 206 Å². The van der Waals surface area contributed by atoms with E-state index >= 15 is 0 Å². The molecule has 0 atom stereocenters. The number of aromatic nitrogens is 28. The second-order valence-corrected chi connectivity index (χ2v) is 32.9. The molecule has 20 rings (SSSR count). The van der Waals surface area contributed by atoms with Gasteiger partial charge in [-0.05, 0) is 139 Å². The van der Waals surface area contributed by atoms with Crippen molar-refractivity contribution in [3.63, 3.8) is 0 Å². The Bertz CT molecular complexity index is 5870. The summed E-state index contributed by atoms with van der Waals surface area (Å²) in [6.45, 7) is 18.0. The Kier molecular flexibility index (Phi) is 23.6. The van der Waals surface area contributed by atoms with E-state index in [4.69, 9.17) is 31.4 Å². The lowest BCUT2D eigenvalue weighted by Gasteiger charge is -2.33. The summed E-state index contributed by atoms with van der Waals surface area (Å²) in [5.41, 5.74) is 28.9. The number of primary amides is 2. The van der Waals surface area contributed by atoms with E-state index in [-0.39, 0.29) is 48.9 Å². The zero-order valence-corrected chi connectivity index (χ0v) is 70.2. The van der Waals surface area contributed by atoms with Crippen molar-refractivity contribution in [3.8, 4) is 90.1 Å². The fraction of sp³-hybridized carbons (Fsp3) is 0.432. The van der Waals surface area contributed by atoms with E-state index in [1.54, 1.807) is 24.8 Å². The van der Waals surface area contributed by atoms with Crippen LogP contribution in [0.3, 0.4) is 0 Å². The van der Waals surface area contributed by atoms with Crippen LogP contribution in [0.5, 0.6) is 0 Å². The first-order chi connectivity index (χ1) is 59.5. The summed E-state index contributed by atoms with van der Waals surface area (Å²) in [5.74, 6) is 0.253. The Morgan fingerprint density at radius 3 is 0.746 bits per heavy atom. The van der Waals surface area contributed by atoms with Crippen LogP contribution in [0.1, 0.15) is 206 Å². The van der Waals surface area contributed by atoms with E-state index in [1.807, 2.05) is 179 Å². The Hall–Kier alpha value is -13.0. The molecule has 0 saturated heterocycles. The van der Waals surface area contributed by atoms with E-state index in [1.165, 1.54) is 0 Å². The largest absolute Gasteiger partial charge is 0.396 e. The minimum Gasteiger partial charge on any atom is -0.396 e. The van der Waals surface area contributed by atoms with Crippen LogP contribution < -0.4 is 11.5 Å². The van der Waals surface area contributed by atoms with Gasteiger partial charge in [0.1, 0.15) is 0 Å². The smallest absolute Gasteiger partial charge is 0.220 e. The number of carbonyl (C=O) groups is 2. The topological polar surface area (TPSA) is 390 Å². The highest BCUT2D eigenvalue weighted by Gasteiger charge is 2.37. The SMILES string of the molecule is CCC(CC)n1cc(-c2nc(-c3cnn(C4CC(C(N)=O)C4)c3)cn3nccc23)cn1.CCC(CC)n1cc(-c2nc(-c3cnn(C4CC(C(N)=O)C4)c3)cn3nccc23)cn1.CCC(CC)n1cc(-c2nc(-c3cnn(C4CC(CO)C4)c3)cn3nccc23)cn1.CCC(CC)n1cc(-c2nc(-c3cnn(C4CC(CO)C4)c3)cn3nccc23)cn1. The quantitative estimate of drug-likeness (QED) is 0.0354. The predicted molar refractivity (Wildman–Crippen MR) is 460 cm³/mol. The summed E-state index contributed by atoms with van der Waals surface area (Å²) < 4.78 is 23.4. The van der Waals surface area contributed by atoms with Gasteiger partial charge in [-0.15, -0.1) is 0 Å². The average molecular weight is 1650 g/mol. The van der Waals surface area contributed by atoms with Gasteiger partial charge < -0.3 is 21.7 Å². The molecule has 0 aromatic carbocycles. The van der Waals surface area contributed by atoms with Gasteiger partial charge in [0, 0.05) is 119 Å². The summed E-state index contributed by atoms with van der Waals surface area (Å²) in [5, 5.41) is 72.8. The van der Waals surface area contributed by atoms with Gasteiger partial charge in [-0.25, -0.2) is 38.0 Å². The molecule has 34 heteroatoms. The number of fused-ring (bicyclic) bond motifs is 4. The molecule has 122 heavy (non-hydrogen) atoms. The summed E-state index contributed by atoms with van der Waals surface area (Å²) in [6, 6.07) is 10.6. The van der Waals surface area contributed by atoms with Crippen LogP contribution in [-0.2, 0) is 9.59 Å². The van der Waals surface area contributed by atoms with Crippen molar-refractivity contribution in [2.75, 3.05) is 13.2 Å². The number of nitrogens with two attached hydrogens (primary N) is 2. The zero-order valence-electron chi connectivity index (χ0n) is 70.2. The van der Waals surface area contributed by atoms with E-state index in [2.05, 4.69) is 141 Å². The number of carbonyl (C=O) groups excluding carboxylic acids is 2. The van der Waals surface area contributed by atoms with Gasteiger partial charge in [0.25, 0.3) is 0 Å². The second kappa shape index (κ2) is 35.4. The molecule has 4 saturated carbocycles. The van der Waals surface area contributed by atoms with Crippen LogP contribution in [0.25, 0.3) is 112 Å². The normalized spacial score (nSPS) is 18.7. The van der Waals surface area contributed by atoms with Crippen LogP contribution in [0, 0.1) is 23.7 Å². The fourth-order valence-corrected chi connectivity index (χ4v) is 17.3. The van der Waals surface area contributed by atoms with Gasteiger partial charge >= 0.3 is 0 Å². The van der Waals surface area contributed by atoms with E-state index in [0.29, 0.717) is 48.1 Å². The lowest BCUT2D eigenvalue weighted by atomic mass is 9.80. The highest BCUT2D eigenvalue weighted by molar-refractivity contribution is 5.82. The summed E-state index contributed by atoms with van der Waals surface area (Å²) in [6.07, 6.45) is 61.3. The van der Waals surface area contributed by atoms with Crippen molar-refractivity contribution in [2.24, 2.45) is 35.1 Å². The molecule has 4 aliphatic rings. The average Bonchev–Trinajstić information content (AvgIpc) is 1.63. The number of hydrogen-bond donors (Lipinski definition) is 4. The predicted octanol–water partition coefficient (Wildman–Crippen LogP) is 14.0. The van der Waals surface area contributed by atoms with Gasteiger partial charge in [-0.1, -0.05) is 55.4 Å². The molecule has 632 valence electrons. The van der Waals surface area contributed by atoms with Crippen LogP contribution in [-0.4, -0.2) is 172 Å². The van der Waals surface area contributed by atoms with Gasteiger partial charge in [0.05, 0.1) is 215 Å².